The highest BCUT2D eigenvalue weighted by molar-refractivity contribution is 5.82. The molecular formula is C16H21NO4. The predicted octanol–water partition coefficient (Wildman–Crippen LogP) is 1.71. The van der Waals surface area contributed by atoms with E-state index in [1.54, 1.807) is 13.2 Å². The maximum atomic E-state index is 11.8. The van der Waals surface area contributed by atoms with Crippen LogP contribution >= 0.6 is 0 Å². The van der Waals surface area contributed by atoms with Crippen molar-refractivity contribution in [3.63, 3.8) is 0 Å². The van der Waals surface area contributed by atoms with E-state index in [1.165, 1.54) is 0 Å². The molecule has 1 amide bonds. The minimum atomic E-state index is -0.912. The Morgan fingerprint density at radius 3 is 2.67 bits per heavy atom. The minimum Gasteiger partial charge on any atom is -0.496 e. The van der Waals surface area contributed by atoms with E-state index < -0.39 is 11.9 Å². The maximum absolute atomic E-state index is 11.8. The van der Waals surface area contributed by atoms with Gasteiger partial charge in [-0.2, -0.15) is 0 Å². The Hall–Kier alpha value is -2.04. The van der Waals surface area contributed by atoms with Gasteiger partial charge in [-0.25, -0.2) is 0 Å². The van der Waals surface area contributed by atoms with Gasteiger partial charge >= 0.3 is 5.97 Å². The van der Waals surface area contributed by atoms with E-state index in [2.05, 4.69) is 5.32 Å². The highest BCUT2D eigenvalue weighted by Gasteiger charge is 2.39. The molecule has 1 aliphatic rings. The van der Waals surface area contributed by atoms with E-state index in [4.69, 9.17) is 4.74 Å². The van der Waals surface area contributed by atoms with Gasteiger partial charge < -0.3 is 15.2 Å². The van der Waals surface area contributed by atoms with Gasteiger partial charge in [-0.15, -0.1) is 0 Å². The summed E-state index contributed by atoms with van der Waals surface area (Å²) in [6.07, 6.45) is 1.23. The molecule has 5 heteroatoms. The summed E-state index contributed by atoms with van der Waals surface area (Å²) < 4.78 is 5.23. The van der Waals surface area contributed by atoms with Crippen LogP contribution < -0.4 is 10.1 Å². The highest BCUT2D eigenvalue weighted by Crippen LogP contribution is 2.37. The molecule has 21 heavy (non-hydrogen) atoms. The van der Waals surface area contributed by atoms with Crippen molar-refractivity contribution in [3.8, 4) is 5.75 Å². The number of benzene rings is 1. The van der Waals surface area contributed by atoms with Crippen LogP contribution in [0.3, 0.4) is 0 Å². The number of carboxylic acid groups (broad SMARTS) is 1. The van der Waals surface area contributed by atoms with E-state index in [1.807, 2.05) is 25.1 Å². The lowest BCUT2D eigenvalue weighted by atomic mass is 9.98. The summed E-state index contributed by atoms with van der Waals surface area (Å²) in [4.78, 5) is 23.2. The van der Waals surface area contributed by atoms with Gasteiger partial charge in [0.15, 0.2) is 0 Å². The van der Waals surface area contributed by atoms with Gasteiger partial charge in [0.2, 0.25) is 5.91 Å². The number of hydrogen-bond acceptors (Lipinski definition) is 3. The smallest absolute Gasteiger partial charge is 0.308 e. The molecule has 0 unspecified atom stereocenters. The summed E-state index contributed by atoms with van der Waals surface area (Å²) in [5.74, 6) is -0.447. The molecule has 1 saturated carbocycles. The van der Waals surface area contributed by atoms with Gasteiger partial charge in [-0.3, -0.25) is 9.59 Å². The van der Waals surface area contributed by atoms with E-state index in [0.29, 0.717) is 18.1 Å². The summed E-state index contributed by atoms with van der Waals surface area (Å²) in [5.41, 5.74) is 0.835. The molecule has 0 spiro atoms. The van der Waals surface area contributed by atoms with Crippen molar-refractivity contribution in [1.82, 2.24) is 5.32 Å². The molecular weight excluding hydrogens is 270 g/mol. The number of carbonyl (C=O) groups excluding carboxylic acids is 1. The van der Waals surface area contributed by atoms with Gasteiger partial charge in [0.05, 0.1) is 13.0 Å². The Bertz CT molecular complexity index is 529. The average molecular weight is 291 g/mol. The molecule has 2 N–H and O–H groups in total. The molecule has 3 atom stereocenters. The van der Waals surface area contributed by atoms with Gasteiger partial charge in [-0.1, -0.05) is 25.1 Å². The minimum absolute atomic E-state index is 0.0335. The van der Waals surface area contributed by atoms with Gasteiger partial charge in [0.1, 0.15) is 5.75 Å². The Labute approximate surface area is 124 Å². The first-order chi connectivity index (χ1) is 10.0. The van der Waals surface area contributed by atoms with Crippen LogP contribution in [0.4, 0.5) is 0 Å². The first-order valence-corrected chi connectivity index (χ1v) is 7.15. The molecule has 114 valence electrons. The Balaban J connectivity index is 1.95. The number of rotatable bonds is 7. The molecule has 1 aromatic carbocycles. The molecule has 0 saturated heterocycles. The topological polar surface area (TPSA) is 75.6 Å². The standard InChI is InChI=1S/C16H21NO4/c1-10-7-13(10)15(18)17-9-12(16(19)20)8-11-5-3-4-6-14(11)21-2/h3-6,10,12-13H,7-9H2,1-2H3,(H,17,18)(H,19,20)/t10-,12-,13-/m1/s1. The van der Waals surface area contributed by atoms with Crippen molar-refractivity contribution in [2.45, 2.75) is 19.8 Å². The monoisotopic (exact) mass is 291 g/mol. The van der Waals surface area contributed by atoms with Crippen LogP contribution in [0.5, 0.6) is 5.75 Å². The number of methoxy groups -OCH3 is 1. The number of amides is 1. The first-order valence-electron chi connectivity index (χ1n) is 7.15. The molecule has 1 fully saturated rings. The fraction of sp³-hybridized carbons (Fsp3) is 0.500. The second-order valence-electron chi connectivity index (χ2n) is 5.62. The zero-order valence-electron chi connectivity index (χ0n) is 12.3. The zero-order valence-corrected chi connectivity index (χ0v) is 12.3. The number of para-hydroxylation sites is 1. The summed E-state index contributed by atoms with van der Waals surface area (Å²) in [6.45, 7) is 2.17. The molecule has 5 nitrogen and oxygen atoms in total. The van der Waals surface area contributed by atoms with Crippen LogP contribution in [-0.2, 0) is 16.0 Å². The number of carbonyl (C=O) groups is 2. The zero-order chi connectivity index (χ0) is 15.4. The van der Waals surface area contributed by atoms with Crippen molar-refractivity contribution in [3.05, 3.63) is 29.8 Å². The molecule has 0 bridgehead atoms. The van der Waals surface area contributed by atoms with Crippen molar-refractivity contribution in [1.29, 1.82) is 0 Å². The van der Waals surface area contributed by atoms with Crippen LogP contribution in [0.25, 0.3) is 0 Å². The first kappa shape index (κ1) is 15.4. The van der Waals surface area contributed by atoms with Crippen LogP contribution in [0.1, 0.15) is 18.9 Å². The molecule has 1 aliphatic carbocycles. The third-order valence-electron chi connectivity index (χ3n) is 3.98. The quantitative estimate of drug-likeness (QED) is 0.802. The molecule has 0 heterocycles. The van der Waals surface area contributed by atoms with Crippen molar-refractivity contribution in [2.75, 3.05) is 13.7 Å². The van der Waals surface area contributed by atoms with Crippen molar-refractivity contribution >= 4 is 11.9 Å². The average Bonchev–Trinajstić information content (AvgIpc) is 3.20. The lowest BCUT2D eigenvalue weighted by Gasteiger charge is -2.15. The SMILES string of the molecule is COc1ccccc1C[C@H](CNC(=O)[C@@H]1C[C@H]1C)C(=O)O. The van der Waals surface area contributed by atoms with Crippen LogP contribution in [0, 0.1) is 17.8 Å². The Kier molecular flexibility index (Phi) is 4.83. The van der Waals surface area contributed by atoms with E-state index in [-0.39, 0.29) is 18.4 Å². The fourth-order valence-corrected chi connectivity index (χ4v) is 2.43. The maximum Gasteiger partial charge on any atom is 0.308 e. The van der Waals surface area contributed by atoms with Crippen molar-refractivity contribution in [2.24, 2.45) is 17.8 Å². The fourth-order valence-electron chi connectivity index (χ4n) is 2.43. The third kappa shape index (κ3) is 3.97. The molecule has 0 aliphatic heterocycles. The number of aliphatic carboxylic acids is 1. The second-order valence-corrected chi connectivity index (χ2v) is 5.62. The van der Waals surface area contributed by atoms with E-state index >= 15 is 0 Å². The van der Waals surface area contributed by atoms with E-state index in [9.17, 15) is 14.7 Å². The second kappa shape index (κ2) is 6.61. The Morgan fingerprint density at radius 1 is 1.43 bits per heavy atom. The molecule has 2 rings (SSSR count). The van der Waals surface area contributed by atoms with Gasteiger partial charge in [-0.05, 0) is 30.4 Å². The number of hydrogen-bond donors (Lipinski definition) is 2. The summed E-state index contributed by atoms with van der Waals surface area (Å²) in [6, 6.07) is 7.34. The normalized spacial score (nSPS) is 21.4. The van der Waals surface area contributed by atoms with Crippen molar-refractivity contribution < 1.29 is 19.4 Å². The van der Waals surface area contributed by atoms with Gasteiger partial charge in [0.25, 0.3) is 0 Å². The predicted molar refractivity (Wildman–Crippen MR) is 78.1 cm³/mol. The third-order valence-corrected chi connectivity index (χ3v) is 3.98. The molecule has 0 radical (unpaired) electrons. The molecule has 1 aromatic rings. The molecule has 0 aromatic heterocycles. The summed E-state index contributed by atoms with van der Waals surface area (Å²) in [5, 5.41) is 12.1. The van der Waals surface area contributed by atoms with Crippen LogP contribution in [0.2, 0.25) is 0 Å². The van der Waals surface area contributed by atoms with E-state index in [0.717, 1.165) is 12.0 Å². The summed E-state index contributed by atoms with van der Waals surface area (Å²) >= 11 is 0. The Morgan fingerprint density at radius 2 is 2.10 bits per heavy atom. The van der Waals surface area contributed by atoms with Crippen LogP contribution in [-0.4, -0.2) is 30.6 Å². The largest absolute Gasteiger partial charge is 0.496 e. The lowest BCUT2D eigenvalue weighted by molar-refractivity contribution is -0.141. The number of carboxylic acids is 1. The summed E-state index contributed by atoms with van der Waals surface area (Å²) in [7, 11) is 1.56. The lowest BCUT2D eigenvalue weighted by Crippen LogP contribution is -2.35. The van der Waals surface area contributed by atoms with Crippen LogP contribution in [0.15, 0.2) is 24.3 Å². The van der Waals surface area contributed by atoms with Gasteiger partial charge in [0, 0.05) is 12.5 Å². The number of nitrogens with one attached hydrogen (secondary N) is 1. The highest BCUT2D eigenvalue weighted by atomic mass is 16.5. The number of ether oxygens (including phenoxy) is 1.